The van der Waals surface area contributed by atoms with Gasteiger partial charge in [-0.05, 0) is 49.2 Å². The van der Waals surface area contributed by atoms with Gasteiger partial charge in [0.2, 0.25) is 0 Å². The monoisotopic (exact) mass is 366 g/mol. The van der Waals surface area contributed by atoms with Crippen LogP contribution in [0.4, 0.5) is 10.5 Å². The molecular weight excluding hydrogens is 348 g/mol. The Labute approximate surface area is 155 Å². The molecule has 4 amide bonds. The molecule has 1 aliphatic rings. The Kier molecular flexibility index (Phi) is 4.68. The molecule has 138 valence electrons. The Bertz CT molecular complexity index is 974. The Morgan fingerprint density at radius 2 is 1.74 bits per heavy atom. The molecule has 0 spiro atoms. The lowest BCUT2D eigenvalue weighted by molar-refractivity contribution is -0.122. The molecule has 2 N–H and O–H groups in total. The third-order valence-corrected chi connectivity index (χ3v) is 4.12. The van der Waals surface area contributed by atoms with Gasteiger partial charge in [-0.25, -0.2) is 9.69 Å². The summed E-state index contributed by atoms with van der Waals surface area (Å²) in [6.45, 7) is 3.69. The zero-order valence-corrected chi connectivity index (χ0v) is 15.1. The summed E-state index contributed by atoms with van der Waals surface area (Å²) in [6.07, 6.45) is 1.23. The number of rotatable bonds is 3. The van der Waals surface area contributed by atoms with E-state index >= 15 is 0 Å². The van der Waals surface area contributed by atoms with Gasteiger partial charge < -0.3 is 9.84 Å². The van der Waals surface area contributed by atoms with Gasteiger partial charge in [0.05, 0.1) is 12.8 Å². The van der Waals surface area contributed by atoms with E-state index in [1.54, 1.807) is 24.3 Å². The van der Waals surface area contributed by atoms with E-state index in [2.05, 4.69) is 5.32 Å². The lowest BCUT2D eigenvalue weighted by Gasteiger charge is -2.27. The maximum Gasteiger partial charge on any atom is 0.335 e. The summed E-state index contributed by atoms with van der Waals surface area (Å²) < 4.78 is 5.03. The molecule has 1 heterocycles. The van der Waals surface area contributed by atoms with Crippen LogP contribution in [0.1, 0.15) is 16.7 Å². The Morgan fingerprint density at radius 3 is 2.37 bits per heavy atom. The van der Waals surface area contributed by atoms with Crippen LogP contribution in [0.25, 0.3) is 6.08 Å². The summed E-state index contributed by atoms with van der Waals surface area (Å²) >= 11 is 0. The van der Waals surface area contributed by atoms with Gasteiger partial charge in [-0.3, -0.25) is 14.9 Å². The number of carbonyl (C=O) groups excluding carboxylic acids is 3. The van der Waals surface area contributed by atoms with E-state index in [9.17, 15) is 19.5 Å². The van der Waals surface area contributed by atoms with Gasteiger partial charge in [0, 0.05) is 5.56 Å². The molecule has 2 aromatic carbocycles. The highest BCUT2D eigenvalue weighted by Crippen LogP contribution is 2.32. The lowest BCUT2D eigenvalue weighted by atomic mass is 10.0. The van der Waals surface area contributed by atoms with Crippen LogP contribution in [0.5, 0.6) is 11.5 Å². The number of urea groups is 1. The van der Waals surface area contributed by atoms with Gasteiger partial charge in [0.15, 0.2) is 11.5 Å². The van der Waals surface area contributed by atoms with Gasteiger partial charge in [-0.15, -0.1) is 0 Å². The number of nitrogens with one attached hydrogen (secondary N) is 1. The number of benzene rings is 2. The van der Waals surface area contributed by atoms with Gasteiger partial charge >= 0.3 is 6.03 Å². The van der Waals surface area contributed by atoms with Crippen LogP contribution in [0.3, 0.4) is 0 Å². The number of nitrogens with zero attached hydrogens (tertiary/aromatic N) is 1. The van der Waals surface area contributed by atoms with E-state index < -0.39 is 17.8 Å². The molecule has 1 fully saturated rings. The number of anilines is 1. The van der Waals surface area contributed by atoms with Crippen LogP contribution in [-0.2, 0) is 9.59 Å². The predicted octanol–water partition coefficient (Wildman–Crippen LogP) is 2.68. The number of carbonyl (C=O) groups is 3. The average molecular weight is 366 g/mol. The van der Waals surface area contributed by atoms with Gasteiger partial charge in [0.25, 0.3) is 11.8 Å². The molecule has 0 radical (unpaired) electrons. The average Bonchev–Trinajstić information content (AvgIpc) is 2.59. The summed E-state index contributed by atoms with van der Waals surface area (Å²) in [7, 11) is 1.39. The van der Waals surface area contributed by atoms with Crippen LogP contribution in [-0.4, -0.2) is 30.1 Å². The number of aromatic hydroxyl groups is 1. The van der Waals surface area contributed by atoms with Crippen molar-refractivity contribution in [2.45, 2.75) is 13.8 Å². The molecule has 2 aromatic rings. The first-order chi connectivity index (χ1) is 12.8. The van der Waals surface area contributed by atoms with Crippen molar-refractivity contribution in [3.05, 3.63) is 58.7 Å². The smallest absolute Gasteiger partial charge is 0.335 e. The number of hydrogen-bond donors (Lipinski definition) is 2. The maximum absolute atomic E-state index is 12.9. The molecule has 7 heteroatoms. The predicted molar refractivity (Wildman–Crippen MR) is 99.6 cm³/mol. The van der Waals surface area contributed by atoms with Crippen LogP contribution in [0, 0.1) is 13.8 Å². The topological polar surface area (TPSA) is 95.9 Å². The van der Waals surface area contributed by atoms with Crippen LogP contribution >= 0.6 is 0 Å². The third-order valence-electron chi connectivity index (χ3n) is 4.12. The number of amides is 4. The number of barbiturate groups is 1. The minimum Gasteiger partial charge on any atom is -0.504 e. The summed E-state index contributed by atoms with van der Waals surface area (Å²) in [5.41, 5.74) is 2.07. The Balaban J connectivity index is 2.08. The number of ether oxygens (including phenoxy) is 1. The highest BCUT2D eigenvalue weighted by Gasteiger charge is 2.37. The second-order valence-electron chi connectivity index (χ2n) is 6.20. The maximum atomic E-state index is 12.9. The fourth-order valence-electron chi connectivity index (χ4n) is 2.95. The van der Waals surface area contributed by atoms with E-state index in [0.29, 0.717) is 5.69 Å². The normalized spacial score (nSPS) is 15.9. The van der Waals surface area contributed by atoms with E-state index in [-0.39, 0.29) is 22.6 Å². The standard InChI is InChI=1S/C20H18N2O5/c1-11-7-12(2)9-14(8-11)22-19(25)15(18(24)21-20(22)26)10-13-5-4-6-16(27-3)17(13)23/h4-10,23H,1-3H3,(H,21,24,26)/b15-10+. The molecule has 7 nitrogen and oxygen atoms in total. The number of methoxy groups -OCH3 is 1. The minimum atomic E-state index is -0.826. The van der Waals surface area contributed by atoms with Crippen molar-refractivity contribution in [1.82, 2.24) is 5.32 Å². The van der Waals surface area contributed by atoms with Gasteiger partial charge in [-0.1, -0.05) is 18.2 Å². The number of phenols is 1. The SMILES string of the molecule is COc1cccc(/C=C2\C(=O)NC(=O)N(c3cc(C)cc(C)c3)C2=O)c1O. The summed E-state index contributed by atoms with van der Waals surface area (Å²) in [5.74, 6) is -1.60. The molecule has 27 heavy (non-hydrogen) atoms. The van der Waals surface area contributed by atoms with E-state index in [0.717, 1.165) is 16.0 Å². The van der Waals surface area contributed by atoms with Crippen molar-refractivity contribution in [2.75, 3.05) is 12.0 Å². The Hall–Kier alpha value is -3.61. The molecule has 1 aliphatic heterocycles. The number of para-hydroxylation sites is 1. The van der Waals surface area contributed by atoms with E-state index in [1.807, 2.05) is 19.9 Å². The number of aryl methyl sites for hydroxylation is 2. The van der Waals surface area contributed by atoms with Crippen LogP contribution in [0.2, 0.25) is 0 Å². The van der Waals surface area contributed by atoms with Crippen molar-refractivity contribution in [1.29, 1.82) is 0 Å². The molecule has 0 bridgehead atoms. The van der Waals surface area contributed by atoms with Crippen molar-refractivity contribution in [2.24, 2.45) is 0 Å². The van der Waals surface area contributed by atoms with Gasteiger partial charge in [-0.2, -0.15) is 0 Å². The summed E-state index contributed by atoms with van der Waals surface area (Å²) in [6, 6.07) is 9.15. The minimum absolute atomic E-state index is 0.204. The van der Waals surface area contributed by atoms with E-state index in [1.165, 1.54) is 19.3 Å². The molecule has 0 aromatic heterocycles. The van der Waals surface area contributed by atoms with E-state index in [4.69, 9.17) is 4.74 Å². The molecule has 0 atom stereocenters. The molecule has 0 aliphatic carbocycles. The first-order valence-corrected chi connectivity index (χ1v) is 8.17. The third kappa shape index (κ3) is 3.39. The summed E-state index contributed by atoms with van der Waals surface area (Å²) in [4.78, 5) is 38.3. The molecular formula is C20H18N2O5. The van der Waals surface area contributed by atoms with Crippen molar-refractivity contribution >= 4 is 29.6 Å². The first-order valence-electron chi connectivity index (χ1n) is 8.17. The second kappa shape index (κ2) is 6.95. The van der Waals surface area contributed by atoms with Crippen LogP contribution < -0.4 is 15.0 Å². The van der Waals surface area contributed by atoms with Crippen molar-refractivity contribution in [3.8, 4) is 11.5 Å². The van der Waals surface area contributed by atoms with Crippen LogP contribution in [0.15, 0.2) is 42.0 Å². The number of imide groups is 2. The molecule has 3 rings (SSSR count). The van der Waals surface area contributed by atoms with Crippen molar-refractivity contribution < 1.29 is 24.2 Å². The highest BCUT2D eigenvalue weighted by atomic mass is 16.5. The van der Waals surface area contributed by atoms with Crippen molar-refractivity contribution in [3.63, 3.8) is 0 Å². The number of phenolic OH excluding ortho intramolecular Hbond substituents is 1. The largest absolute Gasteiger partial charge is 0.504 e. The molecule has 0 saturated carbocycles. The fraction of sp³-hybridized carbons (Fsp3) is 0.150. The molecule has 1 saturated heterocycles. The first kappa shape index (κ1) is 18.2. The van der Waals surface area contributed by atoms with Gasteiger partial charge in [0.1, 0.15) is 5.57 Å². The zero-order chi connectivity index (χ0) is 19.7. The highest BCUT2D eigenvalue weighted by molar-refractivity contribution is 6.39. The second-order valence-corrected chi connectivity index (χ2v) is 6.20. The quantitative estimate of drug-likeness (QED) is 0.643. The summed E-state index contributed by atoms with van der Waals surface area (Å²) in [5, 5.41) is 12.4. The lowest BCUT2D eigenvalue weighted by Crippen LogP contribution is -2.54. The number of hydrogen-bond acceptors (Lipinski definition) is 5. The zero-order valence-electron chi connectivity index (χ0n) is 15.1. The molecule has 0 unspecified atom stereocenters. The Morgan fingerprint density at radius 1 is 1.07 bits per heavy atom. The fourth-order valence-corrected chi connectivity index (χ4v) is 2.95.